The fourth-order valence-corrected chi connectivity index (χ4v) is 2.28. The van der Waals surface area contributed by atoms with Crippen molar-refractivity contribution in [1.29, 1.82) is 0 Å². The maximum atomic E-state index is 12.1. The monoisotopic (exact) mass is 281 g/mol. The van der Waals surface area contributed by atoms with Gasteiger partial charge in [0.1, 0.15) is 0 Å². The first-order valence-corrected chi connectivity index (χ1v) is 7.10. The molecule has 0 aliphatic heterocycles. The molecule has 3 nitrogen and oxygen atoms in total. The first-order valence-electron chi connectivity index (χ1n) is 6.72. The average Bonchev–Trinajstić information content (AvgIpc) is 3.24. The van der Waals surface area contributed by atoms with Gasteiger partial charge in [-0.25, -0.2) is 0 Å². The molecule has 0 atom stereocenters. The number of hydrogen-bond acceptors (Lipinski definition) is 3. The molecular weight excluding hydrogens is 262 g/mol. The van der Waals surface area contributed by atoms with Crippen molar-refractivity contribution in [3.05, 3.63) is 34.9 Å². The summed E-state index contributed by atoms with van der Waals surface area (Å²) in [7, 11) is 1.71. The zero-order chi connectivity index (χ0) is 13.7. The Balaban J connectivity index is 1.82. The lowest BCUT2D eigenvalue weighted by atomic mass is 10.1. The molecule has 19 heavy (non-hydrogen) atoms. The highest BCUT2D eigenvalue weighted by Gasteiger charge is 2.28. The Morgan fingerprint density at radius 1 is 1.32 bits per heavy atom. The third-order valence-corrected chi connectivity index (χ3v) is 3.69. The van der Waals surface area contributed by atoms with Gasteiger partial charge in [0.2, 0.25) is 0 Å². The summed E-state index contributed by atoms with van der Waals surface area (Å²) in [5.74, 6) is 0.180. The molecule has 1 aliphatic carbocycles. The summed E-state index contributed by atoms with van der Waals surface area (Å²) in [6.07, 6.45) is 3.06. The smallest absolute Gasteiger partial charge is 0.164 e. The van der Waals surface area contributed by atoms with Crippen molar-refractivity contribution in [1.82, 2.24) is 4.90 Å². The predicted molar refractivity (Wildman–Crippen MR) is 76.9 cm³/mol. The summed E-state index contributed by atoms with van der Waals surface area (Å²) < 4.78 is 5.11. The van der Waals surface area contributed by atoms with Crippen molar-refractivity contribution >= 4 is 17.4 Å². The molecule has 0 heterocycles. The number of carbonyl (C=O) groups excluding carboxylic acids is 1. The van der Waals surface area contributed by atoms with E-state index in [2.05, 4.69) is 4.90 Å². The van der Waals surface area contributed by atoms with Crippen LogP contribution in [-0.2, 0) is 4.74 Å². The summed E-state index contributed by atoms with van der Waals surface area (Å²) in [5, 5.41) is 0.663. The highest BCUT2D eigenvalue weighted by molar-refractivity contribution is 6.30. The first kappa shape index (κ1) is 14.5. The first-order chi connectivity index (χ1) is 9.20. The van der Waals surface area contributed by atoms with Crippen LogP contribution in [0.4, 0.5) is 0 Å². The third-order valence-electron chi connectivity index (χ3n) is 3.44. The van der Waals surface area contributed by atoms with Gasteiger partial charge < -0.3 is 4.74 Å². The lowest BCUT2D eigenvalue weighted by Crippen LogP contribution is -2.31. The van der Waals surface area contributed by atoms with Crippen molar-refractivity contribution in [2.24, 2.45) is 0 Å². The standard InChI is InChI=1S/C15H20ClNO2/c1-19-11-10-17(14-6-7-14)9-8-15(18)12-2-4-13(16)5-3-12/h2-5,14H,6-11H2,1H3. The lowest BCUT2D eigenvalue weighted by Gasteiger charge is -2.20. The molecule has 1 fully saturated rings. The molecule has 0 saturated heterocycles. The van der Waals surface area contributed by atoms with E-state index in [0.717, 1.165) is 25.3 Å². The minimum atomic E-state index is 0.180. The Labute approximate surface area is 119 Å². The zero-order valence-electron chi connectivity index (χ0n) is 11.3. The molecule has 0 spiro atoms. The maximum Gasteiger partial charge on any atom is 0.164 e. The second kappa shape index (κ2) is 7.04. The lowest BCUT2D eigenvalue weighted by molar-refractivity contribution is 0.0945. The van der Waals surface area contributed by atoms with E-state index in [1.165, 1.54) is 12.8 Å². The Hall–Kier alpha value is -0.900. The van der Waals surface area contributed by atoms with Gasteiger partial charge in [-0.3, -0.25) is 9.69 Å². The molecule has 104 valence electrons. The average molecular weight is 282 g/mol. The van der Waals surface area contributed by atoms with E-state index in [1.54, 1.807) is 31.4 Å². The minimum Gasteiger partial charge on any atom is -0.383 e. The van der Waals surface area contributed by atoms with E-state index in [9.17, 15) is 4.79 Å². The van der Waals surface area contributed by atoms with Gasteiger partial charge in [-0.2, -0.15) is 0 Å². The van der Waals surface area contributed by atoms with E-state index in [4.69, 9.17) is 16.3 Å². The summed E-state index contributed by atoms with van der Waals surface area (Å²) in [4.78, 5) is 14.4. The van der Waals surface area contributed by atoms with Crippen LogP contribution in [-0.4, -0.2) is 43.5 Å². The second-order valence-corrected chi connectivity index (χ2v) is 5.38. The molecule has 1 aromatic carbocycles. The molecule has 2 rings (SSSR count). The number of ether oxygens (including phenoxy) is 1. The van der Waals surface area contributed by atoms with Crippen LogP contribution < -0.4 is 0 Å². The largest absolute Gasteiger partial charge is 0.383 e. The van der Waals surface area contributed by atoms with E-state index < -0.39 is 0 Å². The number of Topliss-reactive ketones (excluding diaryl/α,β-unsaturated/α-hetero) is 1. The van der Waals surface area contributed by atoms with Crippen LogP contribution in [0.3, 0.4) is 0 Å². The van der Waals surface area contributed by atoms with Crippen molar-refractivity contribution in [2.75, 3.05) is 26.8 Å². The molecule has 0 amide bonds. The number of ketones is 1. The van der Waals surface area contributed by atoms with Crippen LogP contribution >= 0.6 is 11.6 Å². The normalized spacial score (nSPS) is 14.9. The summed E-state index contributed by atoms with van der Waals surface area (Å²) >= 11 is 5.82. The van der Waals surface area contributed by atoms with Crippen molar-refractivity contribution in [2.45, 2.75) is 25.3 Å². The zero-order valence-corrected chi connectivity index (χ0v) is 12.0. The number of methoxy groups -OCH3 is 1. The van der Waals surface area contributed by atoms with Gasteiger partial charge in [0, 0.05) is 43.2 Å². The molecule has 0 aromatic heterocycles. The molecule has 0 N–H and O–H groups in total. The minimum absolute atomic E-state index is 0.180. The maximum absolute atomic E-state index is 12.1. The molecule has 0 radical (unpaired) electrons. The SMILES string of the molecule is COCCN(CCC(=O)c1ccc(Cl)cc1)C1CC1. The highest BCUT2D eigenvalue weighted by atomic mass is 35.5. The number of rotatable bonds is 8. The van der Waals surface area contributed by atoms with Gasteiger partial charge in [-0.15, -0.1) is 0 Å². The Kier molecular flexibility index (Phi) is 5.37. The molecule has 1 saturated carbocycles. The number of halogens is 1. The summed E-state index contributed by atoms with van der Waals surface area (Å²) in [6, 6.07) is 7.77. The fourth-order valence-electron chi connectivity index (χ4n) is 2.15. The molecule has 1 aliphatic rings. The molecule has 0 bridgehead atoms. The van der Waals surface area contributed by atoms with Crippen LogP contribution in [0.5, 0.6) is 0 Å². The van der Waals surface area contributed by atoms with E-state index in [-0.39, 0.29) is 5.78 Å². The van der Waals surface area contributed by atoms with Crippen LogP contribution in [0.15, 0.2) is 24.3 Å². The van der Waals surface area contributed by atoms with Crippen LogP contribution in [0.25, 0.3) is 0 Å². The Morgan fingerprint density at radius 3 is 2.58 bits per heavy atom. The number of hydrogen-bond donors (Lipinski definition) is 0. The van der Waals surface area contributed by atoms with Gasteiger partial charge >= 0.3 is 0 Å². The number of benzene rings is 1. The summed E-state index contributed by atoms with van der Waals surface area (Å²) in [5.41, 5.74) is 0.742. The van der Waals surface area contributed by atoms with Crippen molar-refractivity contribution < 1.29 is 9.53 Å². The van der Waals surface area contributed by atoms with E-state index in [0.29, 0.717) is 17.5 Å². The van der Waals surface area contributed by atoms with E-state index >= 15 is 0 Å². The highest BCUT2D eigenvalue weighted by Crippen LogP contribution is 2.26. The molecular formula is C15H20ClNO2. The number of carbonyl (C=O) groups is 1. The van der Waals surface area contributed by atoms with Crippen LogP contribution in [0, 0.1) is 0 Å². The number of nitrogens with zero attached hydrogens (tertiary/aromatic N) is 1. The fraction of sp³-hybridized carbons (Fsp3) is 0.533. The molecule has 4 heteroatoms. The molecule has 1 aromatic rings. The van der Waals surface area contributed by atoms with Crippen molar-refractivity contribution in [3.63, 3.8) is 0 Å². The third kappa shape index (κ3) is 4.60. The second-order valence-electron chi connectivity index (χ2n) is 4.94. The van der Waals surface area contributed by atoms with Crippen molar-refractivity contribution in [3.8, 4) is 0 Å². The quantitative estimate of drug-likeness (QED) is 0.686. The van der Waals surface area contributed by atoms with Crippen LogP contribution in [0.1, 0.15) is 29.6 Å². The topological polar surface area (TPSA) is 29.5 Å². The van der Waals surface area contributed by atoms with Gasteiger partial charge in [-0.05, 0) is 37.1 Å². The van der Waals surface area contributed by atoms with Crippen LogP contribution in [0.2, 0.25) is 5.02 Å². The van der Waals surface area contributed by atoms with E-state index in [1.807, 2.05) is 0 Å². The van der Waals surface area contributed by atoms with Gasteiger partial charge in [0.05, 0.1) is 6.61 Å². The summed E-state index contributed by atoms with van der Waals surface area (Å²) in [6.45, 7) is 2.45. The van der Waals surface area contributed by atoms with Gasteiger partial charge in [0.15, 0.2) is 5.78 Å². The Bertz CT molecular complexity index is 415. The van der Waals surface area contributed by atoms with Gasteiger partial charge in [0.25, 0.3) is 0 Å². The predicted octanol–water partition coefficient (Wildman–Crippen LogP) is 3.02. The Morgan fingerprint density at radius 2 is 2.00 bits per heavy atom. The molecule has 0 unspecified atom stereocenters. The van der Waals surface area contributed by atoms with Gasteiger partial charge in [-0.1, -0.05) is 11.6 Å².